The quantitative estimate of drug-likeness (QED) is 0.578. The van der Waals surface area contributed by atoms with Gasteiger partial charge in [-0.05, 0) is 31.2 Å². The fourth-order valence-electron chi connectivity index (χ4n) is 2.45. The maximum absolute atomic E-state index is 13.9. The first-order valence-corrected chi connectivity index (χ1v) is 9.46. The van der Waals surface area contributed by atoms with Crippen molar-refractivity contribution in [2.75, 3.05) is 6.61 Å². The molecule has 0 saturated heterocycles. The molecule has 0 radical (unpaired) electrons. The van der Waals surface area contributed by atoms with E-state index in [1.165, 1.54) is 22.8 Å². The molecule has 1 heterocycles. The van der Waals surface area contributed by atoms with Crippen molar-refractivity contribution >= 4 is 56.6 Å². The minimum Gasteiger partial charge on any atom is -0.465 e. The number of aromatic nitrogens is 1. The fraction of sp³-hybridized carbons (Fsp3) is 0.167. The van der Waals surface area contributed by atoms with Gasteiger partial charge in [0, 0.05) is 0 Å². The van der Waals surface area contributed by atoms with Crippen LogP contribution < -0.4 is 4.80 Å². The van der Waals surface area contributed by atoms with E-state index < -0.39 is 17.7 Å². The highest BCUT2D eigenvalue weighted by Crippen LogP contribution is 2.32. The van der Waals surface area contributed by atoms with Crippen LogP contribution >= 0.6 is 34.5 Å². The highest BCUT2D eigenvalue weighted by molar-refractivity contribution is 7.16. The molecule has 0 unspecified atom stereocenters. The van der Waals surface area contributed by atoms with Crippen LogP contribution in [0.15, 0.2) is 41.4 Å². The van der Waals surface area contributed by atoms with Crippen molar-refractivity contribution in [3.05, 3.63) is 62.6 Å². The molecule has 0 saturated carbocycles. The maximum Gasteiger partial charge on any atom is 0.326 e. The van der Waals surface area contributed by atoms with E-state index in [1.54, 1.807) is 25.1 Å². The van der Waals surface area contributed by atoms with Crippen molar-refractivity contribution in [3.63, 3.8) is 0 Å². The van der Waals surface area contributed by atoms with Crippen LogP contribution in [-0.2, 0) is 16.1 Å². The van der Waals surface area contributed by atoms with Crippen LogP contribution in [0.1, 0.15) is 17.3 Å². The SMILES string of the molecule is CCOC(=O)Cn1c(=NC(=O)c2ccccc2F)sc2ccc(Cl)c(Cl)c21. The number of fused-ring (bicyclic) bond motifs is 1. The molecule has 0 aliphatic rings. The Labute approximate surface area is 167 Å². The van der Waals surface area contributed by atoms with Gasteiger partial charge in [0.15, 0.2) is 4.80 Å². The molecule has 3 aromatic rings. The summed E-state index contributed by atoms with van der Waals surface area (Å²) >= 11 is 13.5. The van der Waals surface area contributed by atoms with E-state index in [1.807, 2.05) is 0 Å². The zero-order valence-corrected chi connectivity index (χ0v) is 16.4. The second kappa shape index (κ2) is 8.21. The van der Waals surface area contributed by atoms with Crippen LogP contribution in [-0.4, -0.2) is 23.1 Å². The van der Waals surface area contributed by atoms with E-state index in [0.717, 1.165) is 11.3 Å². The summed E-state index contributed by atoms with van der Waals surface area (Å²) in [5.41, 5.74) is 0.295. The largest absolute Gasteiger partial charge is 0.465 e. The summed E-state index contributed by atoms with van der Waals surface area (Å²) in [6.45, 7) is 1.68. The molecule has 0 N–H and O–H groups in total. The molecule has 2 aromatic carbocycles. The number of hydrogen-bond donors (Lipinski definition) is 0. The molecule has 0 aliphatic heterocycles. The summed E-state index contributed by atoms with van der Waals surface area (Å²) in [6, 6.07) is 8.86. The Morgan fingerprint density at radius 1 is 1.22 bits per heavy atom. The molecular formula is C18H13Cl2FN2O3S. The van der Waals surface area contributed by atoms with E-state index in [0.29, 0.717) is 15.2 Å². The number of nitrogens with zero attached hydrogens (tertiary/aromatic N) is 2. The molecule has 3 rings (SSSR count). The van der Waals surface area contributed by atoms with Gasteiger partial charge in [0.25, 0.3) is 5.91 Å². The van der Waals surface area contributed by atoms with Gasteiger partial charge in [0.2, 0.25) is 0 Å². The van der Waals surface area contributed by atoms with Gasteiger partial charge < -0.3 is 9.30 Å². The Morgan fingerprint density at radius 2 is 1.96 bits per heavy atom. The number of rotatable bonds is 4. The lowest BCUT2D eigenvalue weighted by molar-refractivity contribution is -0.143. The molecule has 0 bridgehead atoms. The van der Waals surface area contributed by atoms with Crippen LogP contribution in [0.3, 0.4) is 0 Å². The van der Waals surface area contributed by atoms with Crippen molar-refractivity contribution in [2.24, 2.45) is 4.99 Å². The standard InChI is InChI=1S/C18H13Cl2FN2O3S/c1-2-26-14(24)9-23-16-13(8-7-11(19)15(16)20)27-18(23)22-17(25)10-5-3-4-6-12(10)21/h3-8H,2,9H2,1H3. The molecule has 27 heavy (non-hydrogen) atoms. The summed E-state index contributed by atoms with van der Waals surface area (Å²) in [5, 5.41) is 0.529. The normalized spacial score (nSPS) is 11.8. The van der Waals surface area contributed by atoms with E-state index in [2.05, 4.69) is 4.99 Å². The van der Waals surface area contributed by atoms with Gasteiger partial charge in [-0.2, -0.15) is 4.99 Å². The molecule has 1 amide bonds. The number of ether oxygens (including phenoxy) is 1. The van der Waals surface area contributed by atoms with Crippen molar-refractivity contribution in [3.8, 4) is 0 Å². The second-order valence-corrected chi connectivity index (χ2v) is 7.17. The average molecular weight is 427 g/mol. The van der Waals surface area contributed by atoms with Gasteiger partial charge >= 0.3 is 5.97 Å². The summed E-state index contributed by atoms with van der Waals surface area (Å²) in [7, 11) is 0. The van der Waals surface area contributed by atoms with E-state index in [4.69, 9.17) is 27.9 Å². The lowest BCUT2D eigenvalue weighted by Crippen LogP contribution is -2.23. The van der Waals surface area contributed by atoms with Crippen molar-refractivity contribution in [1.82, 2.24) is 4.57 Å². The van der Waals surface area contributed by atoms with Gasteiger partial charge in [-0.25, -0.2) is 4.39 Å². The van der Waals surface area contributed by atoms with Crippen molar-refractivity contribution < 1.29 is 18.7 Å². The van der Waals surface area contributed by atoms with E-state index in [9.17, 15) is 14.0 Å². The van der Waals surface area contributed by atoms with Gasteiger partial charge in [0.05, 0.1) is 32.4 Å². The smallest absolute Gasteiger partial charge is 0.326 e. The lowest BCUT2D eigenvalue weighted by Gasteiger charge is -2.07. The molecule has 1 aromatic heterocycles. The van der Waals surface area contributed by atoms with Gasteiger partial charge in [-0.15, -0.1) is 0 Å². The summed E-state index contributed by atoms with van der Waals surface area (Å²) in [5.74, 6) is -1.96. The molecule has 9 heteroatoms. The van der Waals surface area contributed by atoms with E-state index in [-0.39, 0.29) is 28.5 Å². The van der Waals surface area contributed by atoms with Crippen LogP contribution in [0.2, 0.25) is 10.0 Å². The fourth-order valence-corrected chi connectivity index (χ4v) is 3.96. The third-order valence-corrected chi connectivity index (χ3v) is 5.47. The number of halogens is 3. The Hall–Kier alpha value is -2.22. The van der Waals surface area contributed by atoms with Gasteiger partial charge in [0.1, 0.15) is 12.4 Å². The summed E-state index contributed by atoms with van der Waals surface area (Å²) in [6.07, 6.45) is 0. The number of hydrogen-bond acceptors (Lipinski definition) is 4. The number of amides is 1. The molecule has 0 spiro atoms. The van der Waals surface area contributed by atoms with Crippen LogP contribution in [0.25, 0.3) is 10.2 Å². The first kappa shape index (κ1) is 19.5. The topological polar surface area (TPSA) is 60.7 Å². The Bertz CT molecular complexity index is 1110. The third kappa shape index (κ3) is 4.05. The van der Waals surface area contributed by atoms with Crippen molar-refractivity contribution in [2.45, 2.75) is 13.5 Å². The second-order valence-electron chi connectivity index (χ2n) is 5.38. The average Bonchev–Trinajstić information content (AvgIpc) is 2.96. The summed E-state index contributed by atoms with van der Waals surface area (Å²) < 4.78 is 21.0. The first-order chi connectivity index (χ1) is 12.9. The molecule has 0 atom stereocenters. The zero-order valence-electron chi connectivity index (χ0n) is 14.0. The Balaban J connectivity index is 2.19. The minimum atomic E-state index is -0.764. The number of carbonyl (C=O) groups excluding carboxylic acids is 2. The molecule has 140 valence electrons. The first-order valence-electron chi connectivity index (χ1n) is 7.89. The van der Waals surface area contributed by atoms with E-state index >= 15 is 0 Å². The molecule has 5 nitrogen and oxygen atoms in total. The van der Waals surface area contributed by atoms with Crippen LogP contribution in [0, 0.1) is 5.82 Å². The zero-order chi connectivity index (χ0) is 19.6. The van der Waals surface area contributed by atoms with Crippen LogP contribution in [0.5, 0.6) is 0 Å². The number of esters is 1. The van der Waals surface area contributed by atoms with Crippen molar-refractivity contribution in [1.29, 1.82) is 0 Å². The number of benzene rings is 2. The Morgan fingerprint density at radius 3 is 2.67 bits per heavy atom. The minimum absolute atomic E-state index is 0.165. The third-order valence-electron chi connectivity index (χ3n) is 3.63. The highest BCUT2D eigenvalue weighted by atomic mass is 35.5. The van der Waals surface area contributed by atoms with Gasteiger partial charge in [-0.3, -0.25) is 9.59 Å². The number of carbonyl (C=O) groups is 2. The monoisotopic (exact) mass is 426 g/mol. The lowest BCUT2D eigenvalue weighted by atomic mass is 10.2. The molecule has 0 aliphatic carbocycles. The highest BCUT2D eigenvalue weighted by Gasteiger charge is 2.17. The molecular weight excluding hydrogens is 414 g/mol. The van der Waals surface area contributed by atoms with Crippen LogP contribution in [0.4, 0.5) is 4.39 Å². The number of thiazole rings is 1. The summed E-state index contributed by atoms with van der Waals surface area (Å²) in [4.78, 5) is 28.6. The van der Waals surface area contributed by atoms with Gasteiger partial charge in [-0.1, -0.05) is 46.7 Å². The predicted molar refractivity (Wildman–Crippen MR) is 103 cm³/mol. The maximum atomic E-state index is 13.9. The Kier molecular flexibility index (Phi) is 5.94. The molecule has 0 fully saturated rings. The predicted octanol–water partition coefficient (Wildman–Crippen LogP) is 4.45.